The van der Waals surface area contributed by atoms with Crippen LogP contribution in [-0.2, 0) is 21.2 Å². The lowest BCUT2D eigenvalue weighted by molar-refractivity contribution is -0.147. The molecule has 10 heteroatoms. The average Bonchev–Trinajstić information content (AvgIpc) is 3.51. The first kappa shape index (κ1) is 29.7. The van der Waals surface area contributed by atoms with E-state index in [1.807, 2.05) is 51.1 Å². The molecule has 220 valence electrons. The van der Waals surface area contributed by atoms with E-state index in [2.05, 4.69) is 4.72 Å². The molecule has 2 N–H and O–H groups in total. The molecule has 2 aliphatic rings. The van der Waals surface area contributed by atoms with Gasteiger partial charge in [0.15, 0.2) is 5.01 Å². The monoisotopic (exact) mass is 597 g/mol. The molecule has 1 aliphatic carbocycles. The van der Waals surface area contributed by atoms with Gasteiger partial charge in [0.2, 0.25) is 10.0 Å². The van der Waals surface area contributed by atoms with E-state index in [1.165, 1.54) is 30.6 Å². The third kappa shape index (κ3) is 6.20. The van der Waals surface area contributed by atoms with Crippen LogP contribution in [0.25, 0.3) is 21.2 Å². The fraction of sp³-hybridized carbons (Fsp3) is 0.516. The quantitative estimate of drug-likeness (QED) is 0.340. The second-order valence-corrected chi connectivity index (χ2v) is 15.5. The maximum Gasteiger partial charge on any atom is 0.311 e. The highest BCUT2D eigenvalue weighted by atomic mass is 32.2. The number of fused-ring (bicyclic) bond motifs is 1. The van der Waals surface area contributed by atoms with Crippen molar-refractivity contribution >= 4 is 44.0 Å². The summed E-state index contributed by atoms with van der Waals surface area (Å²) < 4.78 is 29.5. The molecule has 41 heavy (non-hydrogen) atoms. The molecule has 1 saturated carbocycles. The van der Waals surface area contributed by atoms with Crippen LogP contribution >= 0.6 is 11.3 Å². The van der Waals surface area contributed by atoms with Gasteiger partial charge in [-0.2, -0.15) is 0 Å². The molecule has 0 spiro atoms. The fourth-order valence-corrected chi connectivity index (χ4v) is 8.79. The Bertz CT molecular complexity index is 1580. The predicted octanol–water partition coefficient (Wildman–Crippen LogP) is 6.10. The molecule has 2 heterocycles. The van der Waals surface area contributed by atoms with Crippen molar-refractivity contribution in [3.8, 4) is 10.4 Å². The summed E-state index contributed by atoms with van der Waals surface area (Å²) in [5.74, 6) is -0.654. The molecule has 0 radical (unpaired) electrons. The molecule has 1 aromatic heterocycles. The lowest BCUT2D eigenvalue weighted by Crippen LogP contribution is -2.40. The van der Waals surface area contributed by atoms with E-state index in [-0.39, 0.29) is 17.3 Å². The number of aromatic nitrogens is 1. The zero-order chi connectivity index (χ0) is 29.6. The summed E-state index contributed by atoms with van der Waals surface area (Å²) in [6.07, 6.45) is 7.03. The Morgan fingerprint density at radius 2 is 1.78 bits per heavy atom. The van der Waals surface area contributed by atoms with Gasteiger partial charge in [-0.1, -0.05) is 62.4 Å². The number of sulfonamides is 1. The summed E-state index contributed by atoms with van der Waals surface area (Å²) in [6.45, 7) is 7.66. The molecule has 1 unspecified atom stereocenters. The molecular formula is C31H39N3O5S2. The van der Waals surface area contributed by atoms with Crippen LogP contribution in [0.3, 0.4) is 0 Å². The van der Waals surface area contributed by atoms with Crippen molar-refractivity contribution in [2.75, 3.05) is 13.1 Å². The number of aliphatic carboxylic acids is 1. The number of nitrogens with one attached hydrogen (secondary N) is 1. The summed E-state index contributed by atoms with van der Waals surface area (Å²) in [5.41, 5.74) is 0.123. The molecule has 1 atom stereocenters. The highest BCUT2D eigenvalue weighted by molar-refractivity contribution is 7.89. The van der Waals surface area contributed by atoms with Crippen LogP contribution in [0.2, 0.25) is 0 Å². The summed E-state index contributed by atoms with van der Waals surface area (Å²) in [5, 5.41) is 11.4. The number of thiazole rings is 1. The number of hydrogen-bond acceptors (Lipinski definition) is 6. The van der Waals surface area contributed by atoms with Crippen molar-refractivity contribution in [1.82, 2.24) is 14.6 Å². The summed E-state index contributed by atoms with van der Waals surface area (Å²) >= 11 is 1.33. The zero-order valence-electron chi connectivity index (χ0n) is 24.2. The average molecular weight is 598 g/mol. The van der Waals surface area contributed by atoms with Gasteiger partial charge in [0.25, 0.3) is 5.91 Å². The van der Waals surface area contributed by atoms with Gasteiger partial charge in [-0.15, -0.1) is 11.3 Å². The number of carbonyl (C=O) groups excluding carboxylic acids is 1. The summed E-state index contributed by atoms with van der Waals surface area (Å²) in [7, 11) is -3.78. The Hall–Kier alpha value is -2.82. The van der Waals surface area contributed by atoms with E-state index in [9.17, 15) is 23.1 Å². The molecule has 3 aromatic rings. The standard InChI is InChI=1S/C31H39N3O5S2/c1-30(2,3)33-41(38,39)25-15-14-23(21-12-8-9-13-22(21)25)26-24(18-20-10-6-5-7-11-20)32-27(40-26)28(35)34-17-16-31(4,19-34)29(36)37/h8-9,12-15,20,33H,5-7,10-11,16-19H2,1-4H3,(H,36,37). The number of hydrogen-bond donors (Lipinski definition) is 2. The summed E-state index contributed by atoms with van der Waals surface area (Å²) in [6, 6.07) is 11.0. The largest absolute Gasteiger partial charge is 0.481 e. The number of benzene rings is 2. The third-order valence-corrected chi connectivity index (χ3v) is 11.2. The highest BCUT2D eigenvalue weighted by Gasteiger charge is 2.43. The Labute approximate surface area is 246 Å². The number of likely N-dealkylation sites (tertiary alicyclic amines) is 1. The molecule has 2 fully saturated rings. The Kier molecular flexibility index (Phi) is 8.04. The van der Waals surface area contributed by atoms with Crippen molar-refractivity contribution in [2.24, 2.45) is 11.3 Å². The second-order valence-electron chi connectivity index (χ2n) is 12.9. The number of rotatable bonds is 7. The SMILES string of the molecule is CC(C)(C)NS(=O)(=O)c1ccc(-c2sc(C(=O)N3CCC(C)(C(=O)O)C3)nc2CC2CCCCC2)c2ccccc12. The predicted molar refractivity (Wildman–Crippen MR) is 162 cm³/mol. The van der Waals surface area contributed by atoms with Crippen molar-refractivity contribution < 1.29 is 23.1 Å². The molecule has 0 bridgehead atoms. The normalized spacial score (nSPS) is 20.5. The van der Waals surface area contributed by atoms with Gasteiger partial charge in [0.05, 0.1) is 20.9 Å². The minimum atomic E-state index is -3.78. The number of carbonyl (C=O) groups is 2. The number of nitrogens with zero attached hydrogens (tertiary/aromatic N) is 2. The van der Waals surface area contributed by atoms with Crippen LogP contribution in [0.1, 0.15) is 81.7 Å². The van der Waals surface area contributed by atoms with Crippen molar-refractivity contribution in [3.63, 3.8) is 0 Å². The van der Waals surface area contributed by atoms with Crippen LogP contribution in [0, 0.1) is 11.3 Å². The lowest BCUT2D eigenvalue weighted by atomic mass is 9.85. The zero-order valence-corrected chi connectivity index (χ0v) is 25.8. The topological polar surface area (TPSA) is 117 Å². The molecule has 1 saturated heterocycles. The van der Waals surface area contributed by atoms with Gasteiger partial charge in [-0.25, -0.2) is 18.1 Å². The maximum atomic E-state index is 13.6. The van der Waals surface area contributed by atoms with E-state index in [0.29, 0.717) is 29.3 Å². The second kappa shape index (κ2) is 11.1. The van der Waals surface area contributed by atoms with Gasteiger partial charge in [0.1, 0.15) is 0 Å². The van der Waals surface area contributed by atoms with Crippen LogP contribution in [0.4, 0.5) is 0 Å². The Balaban J connectivity index is 1.59. The molecular weight excluding hydrogens is 558 g/mol. The highest BCUT2D eigenvalue weighted by Crippen LogP contribution is 2.41. The van der Waals surface area contributed by atoms with Crippen LogP contribution in [0.15, 0.2) is 41.3 Å². The summed E-state index contributed by atoms with van der Waals surface area (Å²) in [4.78, 5) is 33.0. The van der Waals surface area contributed by atoms with Gasteiger partial charge < -0.3 is 10.0 Å². The van der Waals surface area contributed by atoms with E-state index in [1.54, 1.807) is 17.9 Å². The molecule has 5 rings (SSSR count). The van der Waals surface area contributed by atoms with Crippen molar-refractivity contribution in [3.05, 3.63) is 47.1 Å². The van der Waals surface area contributed by atoms with E-state index in [0.717, 1.165) is 40.8 Å². The first-order valence-corrected chi connectivity index (χ1v) is 16.7. The molecule has 2 aromatic carbocycles. The lowest BCUT2D eigenvalue weighted by Gasteiger charge is -2.22. The first-order chi connectivity index (χ1) is 19.3. The van der Waals surface area contributed by atoms with Crippen molar-refractivity contribution in [1.29, 1.82) is 0 Å². The van der Waals surface area contributed by atoms with Crippen LogP contribution in [-0.4, -0.2) is 53.9 Å². The van der Waals surface area contributed by atoms with Gasteiger partial charge in [-0.3, -0.25) is 9.59 Å². The van der Waals surface area contributed by atoms with Crippen LogP contribution < -0.4 is 4.72 Å². The number of carboxylic acid groups (broad SMARTS) is 1. The minimum Gasteiger partial charge on any atom is -0.481 e. The van der Waals surface area contributed by atoms with Gasteiger partial charge in [-0.05, 0) is 57.9 Å². The van der Waals surface area contributed by atoms with E-state index in [4.69, 9.17) is 4.98 Å². The first-order valence-electron chi connectivity index (χ1n) is 14.4. The number of amides is 1. The van der Waals surface area contributed by atoms with Crippen molar-refractivity contribution in [2.45, 2.75) is 83.1 Å². The smallest absolute Gasteiger partial charge is 0.311 e. The van der Waals surface area contributed by atoms with Gasteiger partial charge in [0, 0.05) is 29.6 Å². The van der Waals surface area contributed by atoms with E-state index >= 15 is 0 Å². The molecule has 1 amide bonds. The van der Waals surface area contributed by atoms with E-state index < -0.39 is 26.9 Å². The fourth-order valence-electron chi connectivity index (χ4n) is 6.06. The Morgan fingerprint density at radius 3 is 2.41 bits per heavy atom. The van der Waals surface area contributed by atoms with Crippen LogP contribution in [0.5, 0.6) is 0 Å². The third-order valence-electron chi connectivity index (χ3n) is 8.22. The molecule has 8 nitrogen and oxygen atoms in total. The minimum absolute atomic E-state index is 0.157. The maximum absolute atomic E-state index is 13.6. The Morgan fingerprint density at radius 1 is 1.10 bits per heavy atom. The molecule has 1 aliphatic heterocycles. The number of carboxylic acids is 1. The van der Waals surface area contributed by atoms with Gasteiger partial charge >= 0.3 is 5.97 Å².